The standard InChI is InChI=1S/C15H20F3N3O.HI/c1-2-19-14(20-9-8-15(16,17)18)21-12-7-10-22-13-6-4-3-5-11(12)13;/h3-6,12H,2,7-10H2,1H3,(H2,19,20,21);1H. The summed E-state index contributed by atoms with van der Waals surface area (Å²) in [6, 6.07) is 7.62. The molecule has 0 radical (unpaired) electrons. The second-order valence-corrected chi connectivity index (χ2v) is 5.00. The first kappa shape index (κ1) is 19.9. The van der Waals surface area contributed by atoms with Crippen molar-refractivity contribution in [1.82, 2.24) is 10.6 Å². The van der Waals surface area contributed by atoms with Crippen molar-refractivity contribution in [2.24, 2.45) is 4.99 Å². The molecule has 8 heteroatoms. The van der Waals surface area contributed by atoms with Crippen LogP contribution in [-0.2, 0) is 0 Å². The molecule has 2 N–H and O–H groups in total. The molecule has 1 aromatic carbocycles. The van der Waals surface area contributed by atoms with E-state index in [1.165, 1.54) is 0 Å². The average molecular weight is 443 g/mol. The first-order valence-corrected chi connectivity index (χ1v) is 7.33. The van der Waals surface area contributed by atoms with Gasteiger partial charge in [-0.05, 0) is 13.0 Å². The van der Waals surface area contributed by atoms with Crippen molar-refractivity contribution in [3.63, 3.8) is 0 Å². The molecule has 1 heterocycles. The van der Waals surface area contributed by atoms with Gasteiger partial charge in [0.25, 0.3) is 0 Å². The molecule has 130 valence electrons. The van der Waals surface area contributed by atoms with Crippen LogP contribution in [-0.4, -0.2) is 31.8 Å². The van der Waals surface area contributed by atoms with Crippen LogP contribution in [0.1, 0.15) is 31.4 Å². The number of rotatable bonds is 4. The molecule has 1 aromatic rings. The normalized spacial score (nSPS) is 17.6. The molecule has 0 bridgehead atoms. The molecule has 0 saturated heterocycles. The van der Waals surface area contributed by atoms with E-state index in [2.05, 4.69) is 15.6 Å². The third-order valence-electron chi connectivity index (χ3n) is 3.28. The molecule has 2 rings (SSSR count). The highest BCUT2D eigenvalue weighted by Gasteiger charge is 2.26. The van der Waals surface area contributed by atoms with E-state index < -0.39 is 12.6 Å². The van der Waals surface area contributed by atoms with Crippen LogP contribution in [0.2, 0.25) is 0 Å². The highest BCUT2D eigenvalue weighted by molar-refractivity contribution is 14.0. The quantitative estimate of drug-likeness (QED) is 0.425. The van der Waals surface area contributed by atoms with Gasteiger partial charge in [0.1, 0.15) is 5.75 Å². The minimum Gasteiger partial charge on any atom is -0.493 e. The number of benzene rings is 1. The van der Waals surface area contributed by atoms with Gasteiger partial charge in [-0.25, -0.2) is 0 Å². The number of hydrogen-bond acceptors (Lipinski definition) is 2. The molecule has 4 nitrogen and oxygen atoms in total. The lowest BCUT2D eigenvalue weighted by molar-refractivity contribution is -0.132. The van der Waals surface area contributed by atoms with Crippen molar-refractivity contribution < 1.29 is 17.9 Å². The topological polar surface area (TPSA) is 45.7 Å². The number of para-hydroxylation sites is 1. The van der Waals surface area contributed by atoms with Crippen LogP contribution in [0.4, 0.5) is 13.2 Å². The Hall–Kier alpha value is -1.19. The molecule has 1 atom stereocenters. The number of nitrogens with zero attached hydrogens (tertiary/aromatic N) is 1. The summed E-state index contributed by atoms with van der Waals surface area (Å²) < 4.78 is 42.2. The molecular weight excluding hydrogens is 422 g/mol. The molecule has 1 aliphatic heterocycles. The summed E-state index contributed by atoms with van der Waals surface area (Å²) in [4.78, 5) is 4.00. The van der Waals surface area contributed by atoms with Gasteiger partial charge in [-0.15, -0.1) is 24.0 Å². The number of fused-ring (bicyclic) bond motifs is 1. The van der Waals surface area contributed by atoms with E-state index in [-0.39, 0.29) is 36.6 Å². The summed E-state index contributed by atoms with van der Waals surface area (Å²) in [6.07, 6.45) is -4.37. The van der Waals surface area contributed by atoms with Gasteiger partial charge in [-0.1, -0.05) is 18.2 Å². The van der Waals surface area contributed by atoms with Crippen molar-refractivity contribution in [3.05, 3.63) is 29.8 Å². The van der Waals surface area contributed by atoms with E-state index in [1.54, 1.807) is 0 Å². The van der Waals surface area contributed by atoms with Crippen molar-refractivity contribution in [1.29, 1.82) is 0 Å². The Morgan fingerprint density at radius 2 is 2.09 bits per heavy atom. The van der Waals surface area contributed by atoms with Crippen LogP contribution < -0.4 is 15.4 Å². The minimum atomic E-state index is -4.19. The molecule has 0 aliphatic carbocycles. The van der Waals surface area contributed by atoms with E-state index in [1.807, 2.05) is 31.2 Å². The van der Waals surface area contributed by atoms with Crippen LogP contribution in [0.15, 0.2) is 29.3 Å². The zero-order valence-corrected chi connectivity index (χ0v) is 15.2. The summed E-state index contributed by atoms with van der Waals surface area (Å²) in [5.41, 5.74) is 0.996. The maximum absolute atomic E-state index is 12.2. The smallest absolute Gasteiger partial charge is 0.390 e. The molecule has 0 spiro atoms. The molecule has 1 unspecified atom stereocenters. The number of nitrogens with one attached hydrogen (secondary N) is 2. The van der Waals surface area contributed by atoms with Gasteiger partial charge >= 0.3 is 6.18 Å². The maximum atomic E-state index is 12.2. The van der Waals surface area contributed by atoms with Crippen molar-refractivity contribution in [3.8, 4) is 5.75 Å². The lowest BCUT2D eigenvalue weighted by Crippen LogP contribution is -2.41. The van der Waals surface area contributed by atoms with Crippen LogP contribution in [0.3, 0.4) is 0 Å². The van der Waals surface area contributed by atoms with Gasteiger partial charge in [0.15, 0.2) is 5.96 Å². The fourth-order valence-corrected chi connectivity index (χ4v) is 2.27. The maximum Gasteiger partial charge on any atom is 0.390 e. The summed E-state index contributed by atoms with van der Waals surface area (Å²) in [6.45, 7) is 2.74. The Morgan fingerprint density at radius 3 is 2.78 bits per heavy atom. The Bertz CT molecular complexity index is 523. The van der Waals surface area contributed by atoms with Crippen LogP contribution in [0, 0.1) is 0 Å². The van der Waals surface area contributed by atoms with E-state index in [4.69, 9.17) is 4.74 Å². The Kier molecular flexibility index (Phi) is 7.93. The van der Waals surface area contributed by atoms with Crippen molar-refractivity contribution in [2.45, 2.75) is 32.0 Å². The fraction of sp³-hybridized carbons (Fsp3) is 0.533. The van der Waals surface area contributed by atoms with Crippen LogP contribution >= 0.6 is 24.0 Å². The van der Waals surface area contributed by atoms with Crippen molar-refractivity contribution in [2.75, 3.05) is 19.7 Å². The third kappa shape index (κ3) is 6.44. The van der Waals surface area contributed by atoms with Gasteiger partial charge < -0.3 is 15.4 Å². The molecule has 0 amide bonds. The van der Waals surface area contributed by atoms with Gasteiger partial charge in [0.05, 0.1) is 25.6 Å². The van der Waals surface area contributed by atoms with Gasteiger partial charge in [-0.3, -0.25) is 4.99 Å². The Labute approximate surface area is 150 Å². The Morgan fingerprint density at radius 1 is 1.35 bits per heavy atom. The molecule has 1 aliphatic rings. The van der Waals surface area contributed by atoms with Crippen LogP contribution in [0.25, 0.3) is 0 Å². The highest BCUT2D eigenvalue weighted by Crippen LogP contribution is 2.31. The van der Waals surface area contributed by atoms with E-state index in [9.17, 15) is 13.2 Å². The van der Waals surface area contributed by atoms with E-state index in [0.29, 0.717) is 19.1 Å². The number of alkyl halides is 3. The van der Waals surface area contributed by atoms with Crippen molar-refractivity contribution >= 4 is 29.9 Å². The number of hydrogen-bond donors (Lipinski definition) is 2. The lowest BCUT2D eigenvalue weighted by Gasteiger charge is -2.28. The second-order valence-electron chi connectivity index (χ2n) is 5.00. The summed E-state index contributed by atoms with van der Waals surface area (Å²) in [5.74, 6) is 1.20. The average Bonchev–Trinajstić information content (AvgIpc) is 2.46. The summed E-state index contributed by atoms with van der Waals surface area (Å²) in [7, 11) is 0. The number of aliphatic imine (C=N–C) groups is 1. The van der Waals surface area contributed by atoms with Gasteiger partial charge in [0.2, 0.25) is 0 Å². The highest BCUT2D eigenvalue weighted by atomic mass is 127. The summed E-state index contributed by atoms with van der Waals surface area (Å²) >= 11 is 0. The van der Waals surface area contributed by atoms with Crippen LogP contribution in [0.5, 0.6) is 5.75 Å². The number of guanidine groups is 1. The number of ether oxygens (including phenoxy) is 1. The second kappa shape index (κ2) is 9.19. The summed E-state index contributed by atoms with van der Waals surface area (Å²) in [5, 5.41) is 6.17. The largest absolute Gasteiger partial charge is 0.493 e. The van der Waals surface area contributed by atoms with E-state index >= 15 is 0 Å². The molecule has 0 saturated carbocycles. The lowest BCUT2D eigenvalue weighted by atomic mass is 10.0. The Balaban J connectivity index is 0.00000264. The molecule has 0 fully saturated rings. The van der Waals surface area contributed by atoms with Gasteiger partial charge in [-0.2, -0.15) is 13.2 Å². The fourth-order valence-electron chi connectivity index (χ4n) is 2.27. The predicted octanol–water partition coefficient (Wildman–Crippen LogP) is 3.64. The van der Waals surface area contributed by atoms with E-state index in [0.717, 1.165) is 17.7 Å². The molecule has 23 heavy (non-hydrogen) atoms. The SMILES string of the molecule is CCNC(=NCCC(F)(F)F)NC1CCOc2ccccc21.I. The monoisotopic (exact) mass is 443 g/mol. The predicted molar refractivity (Wildman–Crippen MR) is 94.5 cm³/mol. The first-order chi connectivity index (χ1) is 10.5. The third-order valence-corrected chi connectivity index (χ3v) is 3.28. The molecular formula is C15H21F3IN3O. The zero-order chi connectivity index (χ0) is 16.0. The minimum absolute atomic E-state index is 0. The zero-order valence-electron chi connectivity index (χ0n) is 12.8. The van der Waals surface area contributed by atoms with Gasteiger partial charge in [0, 0.05) is 18.5 Å². The number of halogens is 4. The first-order valence-electron chi connectivity index (χ1n) is 7.33. The molecule has 0 aromatic heterocycles.